The molecule has 1 aromatic carbocycles. The number of anilines is 1. The van der Waals surface area contributed by atoms with Crippen LogP contribution in [-0.4, -0.2) is 18.9 Å². The fourth-order valence-corrected chi connectivity index (χ4v) is 1.96. The highest BCUT2D eigenvalue weighted by Crippen LogP contribution is 2.28. The maximum absolute atomic E-state index is 11.5. The fourth-order valence-electron chi connectivity index (χ4n) is 1.96. The summed E-state index contributed by atoms with van der Waals surface area (Å²) in [6.07, 6.45) is 0.952. The van der Waals surface area contributed by atoms with Gasteiger partial charge in [0.05, 0.1) is 6.42 Å². The molecular formula is C13H16N2O2. The van der Waals surface area contributed by atoms with Crippen LogP contribution in [0.2, 0.25) is 0 Å². The highest BCUT2D eigenvalue weighted by Gasteiger charge is 2.23. The number of carbonyl (C=O) groups excluding carboxylic acids is 2. The monoisotopic (exact) mass is 232 g/mol. The van der Waals surface area contributed by atoms with Crippen LogP contribution in [0.3, 0.4) is 0 Å². The second-order valence-electron chi connectivity index (χ2n) is 4.22. The van der Waals surface area contributed by atoms with Crippen LogP contribution in [0.15, 0.2) is 18.2 Å². The van der Waals surface area contributed by atoms with Crippen LogP contribution in [0, 0.1) is 0 Å². The lowest BCUT2D eigenvalue weighted by molar-refractivity contribution is -0.121. The molecule has 2 amide bonds. The van der Waals surface area contributed by atoms with Crippen molar-refractivity contribution in [1.82, 2.24) is 5.32 Å². The van der Waals surface area contributed by atoms with Crippen molar-refractivity contribution in [2.45, 2.75) is 26.3 Å². The molecule has 0 atom stereocenters. The zero-order valence-electron chi connectivity index (χ0n) is 10.1. The average Bonchev–Trinajstić information content (AvgIpc) is 2.62. The average molecular weight is 232 g/mol. The Labute approximate surface area is 101 Å². The van der Waals surface area contributed by atoms with Crippen LogP contribution in [0.1, 0.15) is 24.5 Å². The van der Waals surface area contributed by atoms with Gasteiger partial charge in [0.15, 0.2) is 0 Å². The van der Waals surface area contributed by atoms with Crippen LogP contribution >= 0.6 is 0 Å². The molecule has 4 nitrogen and oxygen atoms in total. The topological polar surface area (TPSA) is 49.4 Å². The molecule has 2 rings (SSSR count). The van der Waals surface area contributed by atoms with Crippen molar-refractivity contribution in [2.24, 2.45) is 0 Å². The quantitative estimate of drug-likeness (QED) is 0.852. The molecule has 0 spiro atoms. The minimum atomic E-state index is 0.0405. The Bertz CT molecular complexity index is 468. The summed E-state index contributed by atoms with van der Waals surface area (Å²) in [5, 5.41) is 2.82. The van der Waals surface area contributed by atoms with Crippen LogP contribution in [0.4, 0.5) is 5.69 Å². The molecule has 0 saturated carbocycles. The molecule has 0 radical (unpaired) electrons. The number of nitrogens with one attached hydrogen (secondary N) is 1. The number of hydrogen-bond acceptors (Lipinski definition) is 2. The third kappa shape index (κ3) is 2.30. The van der Waals surface area contributed by atoms with Gasteiger partial charge in [-0.15, -0.1) is 0 Å². The first-order chi connectivity index (χ1) is 8.11. The number of carbonyl (C=O) groups is 2. The summed E-state index contributed by atoms with van der Waals surface area (Å²) in [5.41, 5.74) is 3.05. The molecule has 0 bridgehead atoms. The Morgan fingerprint density at radius 2 is 2.24 bits per heavy atom. The van der Waals surface area contributed by atoms with Gasteiger partial charge in [-0.05, 0) is 17.2 Å². The Hall–Kier alpha value is -1.84. The molecule has 0 unspecified atom stereocenters. The van der Waals surface area contributed by atoms with Gasteiger partial charge in [0.1, 0.15) is 0 Å². The van der Waals surface area contributed by atoms with Crippen LogP contribution in [0.25, 0.3) is 0 Å². The minimum Gasteiger partial charge on any atom is -0.352 e. The number of nitrogens with zero attached hydrogens (tertiary/aromatic N) is 1. The van der Waals surface area contributed by atoms with E-state index in [2.05, 4.69) is 5.32 Å². The molecular weight excluding hydrogens is 216 g/mol. The van der Waals surface area contributed by atoms with Gasteiger partial charge >= 0.3 is 0 Å². The van der Waals surface area contributed by atoms with E-state index in [-0.39, 0.29) is 11.8 Å². The molecule has 90 valence electrons. The van der Waals surface area contributed by atoms with Crippen molar-refractivity contribution in [1.29, 1.82) is 0 Å². The lowest BCUT2D eigenvalue weighted by Gasteiger charge is -2.10. The van der Waals surface area contributed by atoms with E-state index in [1.165, 1.54) is 0 Å². The zero-order valence-corrected chi connectivity index (χ0v) is 10.1. The van der Waals surface area contributed by atoms with Crippen LogP contribution in [0.5, 0.6) is 0 Å². The van der Waals surface area contributed by atoms with Gasteiger partial charge < -0.3 is 10.2 Å². The molecule has 0 fully saturated rings. The number of fused-ring (bicyclic) bond motifs is 1. The fraction of sp³-hybridized carbons (Fsp3) is 0.385. The van der Waals surface area contributed by atoms with E-state index in [0.29, 0.717) is 19.4 Å². The summed E-state index contributed by atoms with van der Waals surface area (Å²) in [4.78, 5) is 24.3. The van der Waals surface area contributed by atoms with Crippen molar-refractivity contribution in [3.8, 4) is 0 Å². The summed E-state index contributed by atoms with van der Waals surface area (Å²) in [6.45, 7) is 2.35. The van der Waals surface area contributed by atoms with Gasteiger partial charge in [0, 0.05) is 25.7 Å². The van der Waals surface area contributed by atoms with E-state index in [1.54, 1.807) is 11.9 Å². The highest BCUT2D eigenvalue weighted by molar-refractivity contribution is 6.00. The molecule has 1 heterocycles. The van der Waals surface area contributed by atoms with E-state index in [0.717, 1.165) is 16.8 Å². The standard InChI is InChI=1S/C13H16N2O2/c1-3-12(16)14-8-9-4-5-11-10(6-9)7-13(17)15(11)2/h4-6H,3,7-8H2,1-2H3,(H,14,16). The van der Waals surface area contributed by atoms with Crippen molar-refractivity contribution in [3.63, 3.8) is 0 Å². The van der Waals surface area contributed by atoms with E-state index < -0.39 is 0 Å². The predicted octanol–water partition coefficient (Wildman–Crippen LogP) is 1.23. The largest absolute Gasteiger partial charge is 0.352 e. The molecule has 1 N–H and O–H groups in total. The second kappa shape index (κ2) is 4.57. The lowest BCUT2D eigenvalue weighted by atomic mass is 10.1. The summed E-state index contributed by atoms with van der Waals surface area (Å²) in [5.74, 6) is 0.161. The third-order valence-electron chi connectivity index (χ3n) is 3.03. The lowest BCUT2D eigenvalue weighted by Crippen LogP contribution is -2.21. The van der Waals surface area contributed by atoms with Gasteiger partial charge in [-0.1, -0.05) is 19.1 Å². The van der Waals surface area contributed by atoms with Gasteiger partial charge in [-0.25, -0.2) is 0 Å². The molecule has 0 aliphatic carbocycles. The number of likely N-dealkylation sites (N-methyl/N-ethyl adjacent to an activating group) is 1. The van der Waals surface area contributed by atoms with Crippen molar-refractivity contribution >= 4 is 17.5 Å². The predicted molar refractivity (Wildman–Crippen MR) is 65.7 cm³/mol. The Kier molecular flexibility index (Phi) is 3.13. The van der Waals surface area contributed by atoms with Gasteiger partial charge in [0.25, 0.3) is 0 Å². The molecule has 0 saturated heterocycles. The van der Waals surface area contributed by atoms with Crippen molar-refractivity contribution < 1.29 is 9.59 Å². The Morgan fingerprint density at radius 1 is 1.47 bits per heavy atom. The van der Waals surface area contributed by atoms with E-state index in [4.69, 9.17) is 0 Å². The zero-order chi connectivity index (χ0) is 12.4. The van der Waals surface area contributed by atoms with Crippen molar-refractivity contribution in [3.05, 3.63) is 29.3 Å². The number of rotatable bonds is 3. The van der Waals surface area contributed by atoms with E-state index in [9.17, 15) is 9.59 Å². The van der Waals surface area contributed by atoms with Crippen LogP contribution in [-0.2, 0) is 22.6 Å². The summed E-state index contributed by atoms with van der Waals surface area (Å²) in [6, 6.07) is 5.88. The number of benzene rings is 1. The molecule has 4 heteroatoms. The molecule has 17 heavy (non-hydrogen) atoms. The maximum atomic E-state index is 11.5. The van der Waals surface area contributed by atoms with Gasteiger partial charge in [-0.2, -0.15) is 0 Å². The molecule has 0 aromatic heterocycles. The summed E-state index contributed by atoms with van der Waals surface area (Å²) in [7, 11) is 1.78. The summed E-state index contributed by atoms with van der Waals surface area (Å²) >= 11 is 0. The third-order valence-corrected chi connectivity index (χ3v) is 3.03. The van der Waals surface area contributed by atoms with Crippen molar-refractivity contribution in [2.75, 3.05) is 11.9 Å². The Balaban J connectivity index is 2.11. The van der Waals surface area contributed by atoms with Gasteiger partial charge in [-0.3, -0.25) is 9.59 Å². The summed E-state index contributed by atoms with van der Waals surface area (Å²) < 4.78 is 0. The SMILES string of the molecule is CCC(=O)NCc1ccc2c(c1)CC(=O)N2C. The first-order valence-corrected chi connectivity index (χ1v) is 5.77. The minimum absolute atomic E-state index is 0.0405. The highest BCUT2D eigenvalue weighted by atomic mass is 16.2. The van der Waals surface area contributed by atoms with Gasteiger partial charge in [0.2, 0.25) is 11.8 Å². The first kappa shape index (κ1) is 11.6. The normalized spacial score (nSPS) is 13.8. The second-order valence-corrected chi connectivity index (χ2v) is 4.22. The first-order valence-electron chi connectivity index (χ1n) is 5.77. The maximum Gasteiger partial charge on any atom is 0.231 e. The molecule has 1 aliphatic heterocycles. The van der Waals surface area contributed by atoms with E-state index >= 15 is 0 Å². The Morgan fingerprint density at radius 3 is 2.94 bits per heavy atom. The molecule has 1 aliphatic rings. The number of hydrogen-bond donors (Lipinski definition) is 1. The smallest absolute Gasteiger partial charge is 0.231 e. The number of amides is 2. The molecule has 1 aromatic rings. The van der Waals surface area contributed by atoms with E-state index in [1.807, 2.05) is 25.1 Å². The van der Waals surface area contributed by atoms with Crippen LogP contribution < -0.4 is 10.2 Å².